The van der Waals surface area contributed by atoms with E-state index in [0.29, 0.717) is 12.0 Å². The lowest BCUT2D eigenvalue weighted by Gasteiger charge is -2.25. The van der Waals surface area contributed by atoms with Crippen molar-refractivity contribution in [3.05, 3.63) is 90.5 Å². The Kier molecular flexibility index (Phi) is 5.06. The van der Waals surface area contributed by atoms with Gasteiger partial charge in [-0.25, -0.2) is 0 Å². The standard InChI is InChI=1S/C23H21N3O2/c27-22-12-7-17-25(22)19-15-13-18(14-16-19)23(28)24-26(20-8-3-1-4-9-20)21-10-5-2-6-11-21/h1-6,8-11,13-16H,7,12,17H2,(H,24,28). The van der Waals surface area contributed by atoms with Crippen LogP contribution in [0.15, 0.2) is 84.9 Å². The largest absolute Gasteiger partial charge is 0.312 e. The Bertz CT molecular complexity index is 917. The zero-order valence-electron chi connectivity index (χ0n) is 15.4. The minimum atomic E-state index is -0.216. The van der Waals surface area contributed by atoms with Gasteiger partial charge in [0.1, 0.15) is 0 Å². The molecule has 1 aliphatic heterocycles. The van der Waals surface area contributed by atoms with Crippen molar-refractivity contribution >= 4 is 28.9 Å². The zero-order valence-corrected chi connectivity index (χ0v) is 15.4. The van der Waals surface area contributed by atoms with E-state index in [1.807, 2.05) is 72.8 Å². The van der Waals surface area contributed by atoms with E-state index in [0.717, 1.165) is 30.0 Å². The van der Waals surface area contributed by atoms with Gasteiger partial charge in [-0.3, -0.25) is 20.0 Å². The van der Waals surface area contributed by atoms with Crippen LogP contribution >= 0.6 is 0 Å². The van der Waals surface area contributed by atoms with Gasteiger partial charge in [-0.2, -0.15) is 0 Å². The van der Waals surface area contributed by atoms with Gasteiger partial charge in [0.05, 0.1) is 11.4 Å². The lowest BCUT2D eigenvalue weighted by molar-refractivity contribution is -0.117. The summed E-state index contributed by atoms with van der Waals surface area (Å²) in [5, 5.41) is 1.76. The number of benzene rings is 3. The molecule has 0 aliphatic carbocycles. The molecule has 1 saturated heterocycles. The molecule has 4 rings (SSSR count). The van der Waals surface area contributed by atoms with Crippen LogP contribution in [-0.4, -0.2) is 18.4 Å². The van der Waals surface area contributed by atoms with Gasteiger partial charge in [0.25, 0.3) is 5.91 Å². The number of para-hydroxylation sites is 2. The summed E-state index contributed by atoms with van der Waals surface area (Å²) < 4.78 is 0. The molecule has 3 aromatic rings. The molecule has 5 nitrogen and oxygen atoms in total. The number of carbonyl (C=O) groups excluding carboxylic acids is 2. The summed E-state index contributed by atoms with van der Waals surface area (Å²) >= 11 is 0. The third-order valence-electron chi connectivity index (χ3n) is 4.76. The minimum Gasteiger partial charge on any atom is -0.312 e. The van der Waals surface area contributed by atoms with Gasteiger partial charge in [-0.05, 0) is 55.0 Å². The summed E-state index contributed by atoms with van der Waals surface area (Å²) in [5.74, 6) is -0.0801. The molecule has 0 atom stereocenters. The molecule has 1 N–H and O–H groups in total. The number of nitrogens with zero attached hydrogens (tertiary/aromatic N) is 2. The highest BCUT2D eigenvalue weighted by molar-refractivity contribution is 5.98. The number of nitrogens with one attached hydrogen (secondary N) is 1. The molecule has 1 aliphatic rings. The van der Waals surface area contributed by atoms with Gasteiger partial charge in [-0.1, -0.05) is 36.4 Å². The fourth-order valence-corrected chi connectivity index (χ4v) is 3.31. The van der Waals surface area contributed by atoms with Crippen molar-refractivity contribution in [2.24, 2.45) is 0 Å². The van der Waals surface area contributed by atoms with Crippen LogP contribution in [0.1, 0.15) is 23.2 Å². The van der Waals surface area contributed by atoms with Crippen LogP contribution in [-0.2, 0) is 4.79 Å². The highest BCUT2D eigenvalue weighted by Crippen LogP contribution is 2.24. The fourth-order valence-electron chi connectivity index (χ4n) is 3.31. The van der Waals surface area contributed by atoms with E-state index in [-0.39, 0.29) is 11.8 Å². The first-order valence-corrected chi connectivity index (χ1v) is 9.34. The average Bonchev–Trinajstić information content (AvgIpc) is 3.19. The van der Waals surface area contributed by atoms with Gasteiger partial charge in [-0.15, -0.1) is 0 Å². The minimum absolute atomic E-state index is 0.136. The number of hydrogen-bond acceptors (Lipinski definition) is 3. The van der Waals surface area contributed by atoms with Crippen molar-refractivity contribution in [1.82, 2.24) is 5.43 Å². The SMILES string of the molecule is O=C(NN(c1ccccc1)c1ccccc1)c1ccc(N2CCCC2=O)cc1. The molecule has 1 fully saturated rings. The van der Waals surface area contributed by atoms with Gasteiger partial charge < -0.3 is 4.90 Å². The van der Waals surface area contributed by atoms with Crippen molar-refractivity contribution in [2.75, 3.05) is 16.5 Å². The Hall–Kier alpha value is -3.60. The normalized spacial score (nSPS) is 13.4. The molecule has 0 aromatic heterocycles. The van der Waals surface area contributed by atoms with Crippen molar-refractivity contribution in [3.8, 4) is 0 Å². The van der Waals surface area contributed by atoms with E-state index >= 15 is 0 Å². The zero-order chi connectivity index (χ0) is 19.3. The van der Waals surface area contributed by atoms with Crippen LogP contribution in [0.5, 0.6) is 0 Å². The maximum absolute atomic E-state index is 12.9. The second kappa shape index (κ2) is 7.96. The molecule has 0 radical (unpaired) electrons. The monoisotopic (exact) mass is 371 g/mol. The molecule has 0 spiro atoms. The molecule has 0 unspecified atom stereocenters. The maximum atomic E-state index is 12.9. The first-order chi connectivity index (χ1) is 13.7. The molecule has 3 aromatic carbocycles. The third kappa shape index (κ3) is 3.74. The first-order valence-electron chi connectivity index (χ1n) is 9.34. The lowest BCUT2D eigenvalue weighted by Crippen LogP contribution is -2.38. The first kappa shape index (κ1) is 17.8. The number of hydrazine groups is 1. The average molecular weight is 371 g/mol. The van der Waals surface area contributed by atoms with Crippen LogP contribution in [0.4, 0.5) is 17.1 Å². The molecule has 140 valence electrons. The Morgan fingerprint density at radius 2 is 1.39 bits per heavy atom. The van der Waals surface area contributed by atoms with E-state index in [1.165, 1.54) is 0 Å². The van der Waals surface area contributed by atoms with E-state index in [2.05, 4.69) is 5.43 Å². The summed E-state index contributed by atoms with van der Waals surface area (Å²) in [6.45, 7) is 0.736. The second-order valence-corrected chi connectivity index (χ2v) is 6.64. The fraction of sp³-hybridized carbons (Fsp3) is 0.130. The van der Waals surface area contributed by atoms with Gasteiger partial charge in [0, 0.05) is 24.2 Å². The van der Waals surface area contributed by atoms with Gasteiger partial charge in [0.15, 0.2) is 0 Å². The van der Waals surface area contributed by atoms with Crippen LogP contribution in [0.25, 0.3) is 0 Å². The van der Waals surface area contributed by atoms with Crippen LogP contribution in [0, 0.1) is 0 Å². The van der Waals surface area contributed by atoms with Gasteiger partial charge >= 0.3 is 0 Å². The number of amides is 2. The highest BCUT2D eigenvalue weighted by atomic mass is 16.2. The van der Waals surface area contributed by atoms with Crippen molar-refractivity contribution in [1.29, 1.82) is 0 Å². The number of anilines is 3. The van der Waals surface area contributed by atoms with Crippen molar-refractivity contribution < 1.29 is 9.59 Å². The number of hydrogen-bond donors (Lipinski definition) is 1. The van der Waals surface area contributed by atoms with Gasteiger partial charge in [0.2, 0.25) is 5.91 Å². The topological polar surface area (TPSA) is 52.7 Å². The summed E-state index contributed by atoms with van der Waals surface area (Å²) in [5.41, 5.74) is 6.07. The Morgan fingerprint density at radius 3 is 1.89 bits per heavy atom. The van der Waals surface area contributed by atoms with Crippen LogP contribution < -0.4 is 15.3 Å². The van der Waals surface area contributed by atoms with E-state index < -0.39 is 0 Å². The molecule has 5 heteroatoms. The molecular weight excluding hydrogens is 350 g/mol. The third-order valence-corrected chi connectivity index (χ3v) is 4.76. The summed E-state index contributed by atoms with van der Waals surface area (Å²) in [4.78, 5) is 26.5. The number of carbonyl (C=O) groups is 2. The lowest BCUT2D eigenvalue weighted by atomic mass is 10.2. The predicted molar refractivity (Wildman–Crippen MR) is 111 cm³/mol. The van der Waals surface area contributed by atoms with E-state index in [9.17, 15) is 9.59 Å². The van der Waals surface area contributed by atoms with E-state index in [4.69, 9.17) is 0 Å². The summed E-state index contributed by atoms with van der Waals surface area (Å²) in [6.07, 6.45) is 1.47. The molecule has 28 heavy (non-hydrogen) atoms. The Morgan fingerprint density at radius 1 is 0.821 bits per heavy atom. The van der Waals surface area contributed by atoms with Crippen molar-refractivity contribution in [2.45, 2.75) is 12.8 Å². The van der Waals surface area contributed by atoms with Crippen LogP contribution in [0.2, 0.25) is 0 Å². The Balaban J connectivity index is 1.55. The predicted octanol–water partition coefficient (Wildman–Crippen LogP) is 4.30. The quantitative estimate of drug-likeness (QED) is 0.681. The number of rotatable bonds is 5. The van der Waals surface area contributed by atoms with E-state index in [1.54, 1.807) is 22.0 Å². The maximum Gasteiger partial charge on any atom is 0.270 e. The molecule has 0 bridgehead atoms. The summed E-state index contributed by atoms with van der Waals surface area (Å²) in [7, 11) is 0. The molecule has 2 amide bonds. The molecular formula is C23H21N3O2. The van der Waals surface area contributed by atoms with Crippen LogP contribution in [0.3, 0.4) is 0 Å². The molecule has 0 saturated carbocycles. The second-order valence-electron chi connectivity index (χ2n) is 6.64. The Labute approximate surface area is 164 Å². The van der Waals surface area contributed by atoms with Crippen molar-refractivity contribution in [3.63, 3.8) is 0 Å². The molecule has 1 heterocycles. The smallest absolute Gasteiger partial charge is 0.270 e. The highest BCUT2D eigenvalue weighted by Gasteiger charge is 2.22. The summed E-state index contributed by atoms with van der Waals surface area (Å²) in [6, 6.07) is 26.5.